The zero-order valence-electron chi connectivity index (χ0n) is 12.6. The van der Waals surface area contributed by atoms with Crippen molar-refractivity contribution < 1.29 is 33.3 Å². The third kappa shape index (κ3) is 21.8. The van der Waals surface area contributed by atoms with E-state index in [1.807, 2.05) is 6.92 Å². The Labute approximate surface area is 119 Å². The van der Waals surface area contributed by atoms with E-state index in [1.165, 1.54) is 21.0 Å². The van der Waals surface area contributed by atoms with Crippen molar-refractivity contribution in [2.75, 3.05) is 40.1 Å². The van der Waals surface area contributed by atoms with E-state index in [2.05, 4.69) is 9.47 Å². The summed E-state index contributed by atoms with van der Waals surface area (Å²) in [5.74, 6) is -0.919. The van der Waals surface area contributed by atoms with Gasteiger partial charge in [-0.3, -0.25) is 14.4 Å². The van der Waals surface area contributed by atoms with Crippen LogP contribution < -0.4 is 0 Å². The number of methoxy groups -OCH3 is 1. The number of esters is 2. The van der Waals surface area contributed by atoms with E-state index in [-0.39, 0.29) is 18.2 Å². The smallest absolute Gasteiger partial charge is 0.313 e. The van der Waals surface area contributed by atoms with Gasteiger partial charge in [0.15, 0.2) is 0 Å². The molecule has 0 aromatic rings. The largest absolute Gasteiger partial charge is 0.469 e. The van der Waals surface area contributed by atoms with Crippen LogP contribution in [0.4, 0.5) is 0 Å². The summed E-state index contributed by atoms with van der Waals surface area (Å²) in [5, 5.41) is 0. The molecule has 0 aliphatic carbocycles. The van der Waals surface area contributed by atoms with Gasteiger partial charge in [-0.1, -0.05) is 0 Å². The van der Waals surface area contributed by atoms with Crippen LogP contribution in [-0.4, -0.2) is 57.9 Å². The quantitative estimate of drug-likeness (QED) is 0.352. The highest BCUT2D eigenvalue weighted by Crippen LogP contribution is 1.83. The molecule has 0 saturated heterocycles. The van der Waals surface area contributed by atoms with E-state index in [9.17, 15) is 14.4 Å². The molecule has 0 unspecified atom stereocenters. The number of carbonyl (C=O) groups excluding carboxylic acids is 3. The molecule has 7 heteroatoms. The van der Waals surface area contributed by atoms with Gasteiger partial charge in [0.2, 0.25) is 0 Å². The fraction of sp³-hybridized carbons (Fsp3) is 0.769. The van der Waals surface area contributed by atoms with Crippen LogP contribution in [0.5, 0.6) is 0 Å². The van der Waals surface area contributed by atoms with Gasteiger partial charge in [-0.2, -0.15) is 0 Å². The molecule has 0 atom stereocenters. The molecule has 0 radical (unpaired) electrons. The predicted molar refractivity (Wildman–Crippen MR) is 71.3 cm³/mol. The third-order valence-corrected chi connectivity index (χ3v) is 1.73. The lowest BCUT2D eigenvalue weighted by atomic mass is 10.3. The minimum absolute atomic E-state index is 0.115. The average Bonchev–Trinajstić information content (AvgIpc) is 2.37. The number of rotatable bonds is 9. The highest BCUT2D eigenvalue weighted by Gasteiger charge is 2.01. The highest BCUT2D eigenvalue weighted by atomic mass is 16.6. The van der Waals surface area contributed by atoms with E-state index >= 15 is 0 Å². The Hall–Kier alpha value is -1.47. The van der Waals surface area contributed by atoms with Crippen LogP contribution in [0.3, 0.4) is 0 Å². The van der Waals surface area contributed by atoms with Crippen molar-refractivity contribution in [2.24, 2.45) is 0 Å². The van der Waals surface area contributed by atoms with Gasteiger partial charge in [-0.25, -0.2) is 0 Å². The number of ketones is 1. The molecule has 0 rings (SSSR count). The zero-order chi connectivity index (χ0) is 15.8. The molecule has 0 aliphatic heterocycles. The monoisotopic (exact) mass is 292 g/mol. The van der Waals surface area contributed by atoms with Crippen LogP contribution in [0, 0.1) is 0 Å². The molecule has 0 aromatic heterocycles. The standard InChI is InChI=1S/C8H16O4.C5H8O3/c1-3-10-4-5-11-6-7-12-8(2)9;1-4(6)3-5(7)8-2/h3-7H2,1-2H3;3H2,1-2H3. The number of ether oxygens (including phenoxy) is 4. The second-order valence-corrected chi connectivity index (χ2v) is 3.60. The summed E-state index contributed by atoms with van der Waals surface area (Å²) in [6, 6.07) is 0. The molecule has 0 bridgehead atoms. The fourth-order valence-corrected chi connectivity index (χ4v) is 0.884. The average molecular weight is 292 g/mol. The van der Waals surface area contributed by atoms with Gasteiger partial charge in [-0.15, -0.1) is 0 Å². The second-order valence-electron chi connectivity index (χ2n) is 3.60. The summed E-state index contributed by atoms with van der Waals surface area (Å²) in [6.45, 7) is 7.25. The molecule has 0 amide bonds. The van der Waals surface area contributed by atoms with E-state index in [4.69, 9.17) is 9.47 Å². The van der Waals surface area contributed by atoms with Crippen LogP contribution in [0.2, 0.25) is 0 Å². The molecule has 7 nitrogen and oxygen atoms in total. The first-order valence-electron chi connectivity index (χ1n) is 6.29. The summed E-state index contributed by atoms with van der Waals surface area (Å²) >= 11 is 0. The first kappa shape index (κ1) is 20.8. The molecule has 0 saturated carbocycles. The maximum absolute atomic E-state index is 10.3. The molecule has 0 aromatic carbocycles. The summed E-state index contributed by atoms with van der Waals surface area (Å²) < 4.78 is 19.0. The lowest BCUT2D eigenvalue weighted by Gasteiger charge is -2.03. The number of hydrogen-bond acceptors (Lipinski definition) is 7. The van der Waals surface area contributed by atoms with Crippen molar-refractivity contribution in [3.05, 3.63) is 0 Å². The summed E-state index contributed by atoms with van der Waals surface area (Å²) in [4.78, 5) is 30.6. The summed E-state index contributed by atoms with van der Waals surface area (Å²) in [7, 11) is 1.26. The van der Waals surface area contributed by atoms with E-state index < -0.39 is 5.97 Å². The molecule has 0 fully saturated rings. The van der Waals surface area contributed by atoms with Crippen LogP contribution >= 0.6 is 0 Å². The third-order valence-electron chi connectivity index (χ3n) is 1.73. The van der Waals surface area contributed by atoms with Crippen molar-refractivity contribution >= 4 is 17.7 Å². The molecule has 0 spiro atoms. The normalized spacial score (nSPS) is 9.20. The lowest BCUT2D eigenvalue weighted by Crippen LogP contribution is -2.10. The van der Waals surface area contributed by atoms with E-state index in [1.54, 1.807) is 0 Å². The van der Waals surface area contributed by atoms with Crippen LogP contribution in [0.15, 0.2) is 0 Å². The van der Waals surface area contributed by atoms with Crippen molar-refractivity contribution in [1.82, 2.24) is 0 Å². The fourth-order valence-electron chi connectivity index (χ4n) is 0.884. The van der Waals surface area contributed by atoms with Gasteiger partial charge in [-0.05, 0) is 13.8 Å². The molecule has 0 N–H and O–H groups in total. The Bertz CT molecular complexity index is 276. The van der Waals surface area contributed by atoms with Gasteiger partial charge in [0.1, 0.15) is 18.8 Å². The van der Waals surface area contributed by atoms with Crippen molar-refractivity contribution in [1.29, 1.82) is 0 Å². The Morgan fingerprint density at radius 1 is 0.900 bits per heavy atom. The maximum atomic E-state index is 10.3. The van der Waals surface area contributed by atoms with Crippen molar-refractivity contribution in [3.8, 4) is 0 Å². The molecule has 0 aliphatic rings. The first-order chi connectivity index (χ1) is 9.43. The van der Waals surface area contributed by atoms with E-state index in [0.717, 1.165) is 0 Å². The number of Topliss-reactive ketones (excluding diaryl/α,β-unsaturated/α-hetero) is 1. The number of carbonyl (C=O) groups is 3. The number of hydrogen-bond donors (Lipinski definition) is 0. The van der Waals surface area contributed by atoms with Gasteiger partial charge in [0.05, 0.1) is 26.9 Å². The Balaban J connectivity index is 0. The minimum atomic E-state index is -0.475. The Morgan fingerprint density at radius 3 is 1.85 bits per heavy atom. The second kappa shape index (κ2) is 15.6. The Kier molecular flexibility index (Phi) is 16.2. The van der Waals surface area contributed by atoms with Crippen molar-refractivity contribution in [2.45, 2.75) is 27.2 Å². The predicted octanol–water partition coefficient (Wildman–Crippen LogP) is 0.741. The maximum Gasteiger partial charge on any atom is 0.313 e. The van der Waals surface area contributed by atoms with Gasteiger partial charge in [0.25, 0.3) is 0 Å². The zero-order valence-corrected chi connectivity index (χ0v) is 12.6. The topological polar surface area (TPSA) is 88.1 Å². The molecule has 20 heavy (non-hydrogen) atoms. The first-order valence-corrected chi connectivity index (χ1v) is 6.29. The van der Waals surface area contributed by atoms with Crippen LogP contribution in [-0.2, 0) is 33.3 Å². The summed E-state index contributed by atoms with van der Waals surface area (Å²) in [5.41, 5.74) is 0. The van der Waals surface area contributed by atoms with Crippen LogP contribution in [0.1, 0.15) is 27.2 Å². The molecule has 0 heterocycles. The minimum Gasteiger partial charge on any atom is -0.469 e. The van der Waals surface area contributed by atoms with E-state index in [0.29, 0.717) is 33.0 Å². The lowest BCUT2D eigenvalue weighted by molar-refractivity contribution is -0.144. The molecular weight excluding hydrogens is 268 g/mol. The highest BCUT2D eigenvalue weighted by molar-refractivity contribution is 5.93. The molecule has 118 valence electrons. The van der Waals surface area contributed by atoms with Gasteiger partial charge in [0, 0.05) is 13.5 Å². The van der Waals surface area contributed by atoms with Gasteiger partial charge < -0.3 is 18.9 Å². The molecular formula is C13H24O7. The summed E-state index contributed by atoms with van der Waals surface area (Å²) in [6.07, 6.45) is -0.115. The van der Waals surface area contributed by atoms with Crippen LogP contribution in [0.25, 0.3) is 0 Å². The van der Waals surface area contributed by atoms with Crippen molar-refractivity contribution in [3.63, 3.8) is 0 Å². The van der Waals surface area contributed by atoms with Gasteiger partial charge >= 0.3 is 11.9 Å². The Morgan fingerprint density at radius 2 is 1.45 bits per heavy atom. The SMILES string of the molecule is CCOCCOCCOC(C)=O.COC(=O)CC(C)=O.